The van der Waals surface area contributed by atoms with Gasteiger partial charge in [-0.25, -0.2) is 4.98 Å². The van der Waals surface area contributed by atoms with Gasteiger partial charge >= 0.3 is 0 Å². The molecule has 0 spiro atoms. The van der Waals surface area contributed by atoms with Crippen molar-refractivity contribution in [2.24, 2.45) is 0 Å². The van der Waals surface area contributed by atoms with Gasteiger partial charge in [-0.15, -0.1) is 22.7 Å². The van der Waals surface area contributed by atoms with Gasteiger partial charge < -0.3 is 15.2 Å². The van der Waals surface area contributed by atoms with E-state index in [4.69, 9.17) is 16.3 Å². The van der Waals surface area contributed by atoms with E-state index < -0.39 is 6.10 Å². The molecule has 120 valence electrons. The molecule has 0 bridgehead atoms. The summed E-state index contributed by atoms with van der Waals surface area (Å²) in [6.45, 7) is 0.690. The average Bonchev–Trinajstić information content (AvgIpc) is 3.08. The van der Waals surface area contributed by atoms with E-state index in [0.717, 1.165) is 19.9 Å². The molecule has 0 aliphatic rings. The molecule has 0 aliphatic carbocycles. The number of methoxy groups -OCH3 is 1. The summed E-state index contributed by atoms with van der Waals surface area (Å²) in [6.07, 6.45) is 0.144. The molecule has 2 aromatic heterocycles. The number of aliphatic hydroxyl groups is 1. The van der Waals surface area contributed by atoms with Gasteiger partial charge in [-0.1, -0.05) is 11.6 Å². The number of aliphatic hydroxyl groups excluding tert-OH is 1. The molecular formula is C14H17ClN2O3S2. The van der Waals surface area contributed by atoms with Gasteiger partial charge in [0.05, 0.1) is 34.0 Å². The molecule has 1 atom stereocenters. The Bertz CT molecular complexity index is 615. The number of rotatable bonds is 8. The molecule has 22 heavy (non-hydrogen) atoms. The molecule has 2 rings (SSSR count). The van der Waals surface area contributed by atoms with E-state index in [-0.39, 0.29) is 18.9 Å². The van der Waals surface area contributed by atoms with Crippen LogP contribution in [0.25, 0.3) is 9.88 Å². The number of thiophene rings is 1. The van der Waals surface area contributed by atoms with Crippen molar-refractivity contribution in [1.82, 2.24) is 10.3 Å². The third-order valence-corrected chi connectivity index (χ3v) is 5.13. The van der Waals surface area contributed by atoms with Crippen molar-refractivity contribution in [3.8, 4) is 9.88 Å². The van der Waals surface area contributed by atoms with Crippen molar-refractivity contribution in [3.05, 3.63) is 27.5 Å². The molecule has 2 aromatic rings. The predicted molar refractivity (Wildman–Crippen MR) is 89.7 cm³/mol. The van der Waals surface area contributed by atoms with Gasteiger partial charge in [-0.3, -0.25) is 4.79 Å². The number of aromatic nitrogens is 1. The van der Waals surface area contributed by atoms with E-state index in [1.807, 2.05) is 17.5 Å². The summed E-state index contributed by atoms with van der Waals surface area (Å²) in [5.41, 5.74) is 0.736. The number of thiazole rings is 1. The Balaban J connectivity index is 1.79. The average molecular weight is 361 g/mol. The molecular weight excluding hydrogens is 344 g/mol. The summed E-state index contributed by atoms with van der Waals surface area (Å²) < 4.78 is 5.54. The highest BCUT2D eigenvalue weighted by molar-refractivity contribution is 7.23. The number of nitrogens with zero attached hydrogens (tertiary/aromatic N) is 1. The first-order valence-corrected chi connectivity index (χ1v) is 8.79. The molecule has 8 heteroatoms. The molecule has 1 amide bonds. The summed E-state index contributed by atoms with van der Waals surface area (Å²) in [5.74, 6) is -0.106. The highest BCUT2D eigenvalue weighted by Crippen LogP contribution is 2.32. The van der Waals surface area contributed by atoms with Crippen LogP contribution in [-0.2, 0) is 16.0 Å². The van der Waals surface area contributed by atoms with Gasteiger partial charge in [-0.2, -0.15) is 0 Å². The summed E-state index contributed by atoms with van der Waals surface area (Å²) in [7, 11) is 1.53. The van der Waals surface area contributed by atoms with Crippen LogP contribution in [0.5, 0.6) is 0 Å². The Morgan fingerprint density at radius 1 is 1.55 bits per heavy atom. The lowest BCUT2D eigenvalue weighted by Crippen LogP contribution is -2.29. The number of hydrogen-bond donors (Lipinski definition) is 2. The Morgan fingerprint density at radius 2 is 2.36 bits per heavy atom. The zero-order valence-electron chi connectivity index (χ0n) is 12.0. The van der Waals surface area contributed by atoms with Crippen LogP contribution in [0.15, 0.2) is 17.5 Å². The van der Waals surface area contributed by atoms with Gasteiger partial charge in [-0.05, 0) is 18.6 Å². The monoisotopic (exact) mass is 360 g/mol. The topological polar surface area (TPSA) is 71.5 Å². The largest absolute Gasteiger partial charge is 0.391 e. The molecule has 0 saturated carbocycles. The van der Waals surface area contributed by atoms with E-state index >= 15 is 0 Å². The number of ether oxygens (including phenoxy) is 1. The summed E-state index contributed by atoms with van der Waals surface area (Å²) in [6, 6.07) is 3.76. The standard InChI is InChI=1S/C14H17ClN2O3S2/c1-20-7-10(18)4-5-16-13(19)6-9-8-21-14(17-9)11-2-3-12(15)22-11/h2-3,8,10,18H,4-7H2,1H3,(H,16,19). The second-order valence-electron chi connectivity index (χ2n) is 4.67. The quantitative estimate of drug-likeness (QED) is 0.759. The fourth-order valence-electron chi connectivity index (χ4n) is 1.81. The van der Waals surface area contributed by atoms with E-state index in [1.54, 1.807) is 0 Å². The van der Waals surface area contributed by atoms with E-state index in [1.165, 1.54) is 29.8 Å². The number of amides is 1. The van der Waals surface area contributed by atoms with Crippen molar-refractivity contribution >= 4 is 40.2 Å². The van der Waals surface area contributed by atoms with Crippen molar-refractivity contribution in [2.75, 3.05) is 20.3 Å². The van der Waals surface area contributed by atoms with Crippen LogP contribution in [0.3, 0.4) is 0 Å². The molecule has 0 radical (unpaired) electrons. The summed E-state index contributed by atoms with van der Waals surface area (Å²) >= 11 is 8.87. The minimum atomic E-state index is -0.556. The summed E-state index contributed by atoms with van der Waals surface area (Å²) in [5, 5.41) is 15.0. The van der Waals surface area contributed by atoms with Crippen LogP contribution in [0, 0.1) is 0 Å². The molecule has 0 aliphatic heterocycles. The Hall–Kier alpha value is -0.990. The van der Waals surface area contributed by atoms with E-state index in [9.17, 15) is 9.90 Å². The Kier molecular flexibility index (Phi) is 6.78. The molecule has 0 fully saturated rings. The number of halogens is 1. The first kappa shape index (κ1) is 17.4. The van der Waals surface area contributed by atoms with E-state index in [0.29, 0.717) is 13.0 Å². The maximum absolute atomic E-state index is 11.8. The van der Waals surface area contributed by atoms with Gasteiger partial charge in [0.15, 0.2) is 0 Å². The van der Waals surface area contributed by atoms with Crippen LogP contribution >= 0.6 is 34.3 Å². The van der Waals surface area contributed by atoms with Gasteiger partial charge in [0.1, 0.15) is 5.01 Å². The van der Waals surface area contributed by atoms with Gasteiger partial charge in [0, 0.05) is 19.0 Å². The molecule has 0 saturated heterocycles. The van der Waals surface area contributed by atoms with Crippen molar-refractivity contribution in [3.63, 3.8) is 0 Å². The fourth-order valence-corrected chi connectivity index (χ4v) is 3.75. The molecule has 5 nitrogen and oxygen atoms in total. The van der Waals surface area contributed by atoms with Crippen molar-refractivity contribution in [2.45, 2.75) is 18.9 Å². The highest BCUT2D eigenvalue weighted by atomic mass is 35.5. The lowest BCUT2D eigenvalue weighted by molar-refractivity contribution is -0.120. The number of hydrogen-bond acceptors (Lipinski definition) is 6. The second kappa shape index (κ2) is 8.59. The van der Waals surface area contributed by atoms with E-state index in [2.05, 4.69) is 10.3 Å². The van der Waals surface area contributed by atoms with Crippen LogP contribution in [-0.4, -0.2) is 42.4 Å². The van der Waals surface area contributed by atoms with Crippen molar-refractivity contribution in [1.29, 1.82) is 0 Å². The lowest BCUT2D eigenvalue weighted by Gasteiger charge is -2.09. The predicted octanol–water partition coefficient (Wildman–Crippen LogP) is 2.58. The van der Waals surface area contributed by atoms with Crippen molar-refractivity contribution < 1.29 is 14.6 Å². The molecule has 1 unspecified atom stereocenters. The fraction of sp³-hybridized carbons (Fsp3) is 0.429. The van der Waals surface area contributed by atoms with Crippen LogP contribution in [0.1, 0.15) is 12.1 Å². The first-order valence-electron chi connectivity index (χ1n) is 6.72. The molecule has 2 heterocycles. The molecule has 0 aromatic carbocycles. The third-order valence-electron chi connectivity index (χ3n) is 2.84. The minimum absolute atomic E-state index is 0.106. The highest BCUT2D eigenvalue weighted by Gasteiger charge is 2.11. The number of carbonyl (C=O) groups is 1. The Labute approximate surface area is 141 Å². The lowest BCUT2D eigenvalue weighted by atomic mass is 10.2. The normalized spacial score (nSPS) is 12.3. The van der Waals surface area contributed by atoms with Crippen LogP contribution < -0.4 is 5.32 Å². The minimum Gasteiger partial charge on any atom is -0.391 e. The number of nitrogens with one attached hydrogen (secondary N) is 1. The smallest absolute Gasteiger partial charge is 0.226 e. The Morgan fingerprint density at radius 3 is 3.05 bits per heavy atom. The SMILES string of the molecule is COCC(O)CCNC(=O)Cc1csc(-c2ccc(Cl)s2)n1. The molecule has 2 N–H and O–H groups in total. The second-order valence-corrected chi connectivity index (χ2v) is 7.25. The third kappa shape index (κ3) is 5.33. The zero-order valence-corrected chi connectivity index (χ0v) is 14.4. The maximum atomic E-state index is 11.8. The van der Waals surface area contributed by atoms with Crippen LogP contribution in [0.4, 0.5) is 0 Å². The van der Waals surface area contributed by atoms with Gasteiger partial charge in [0.25, 0.3) is 0 Å². The summed E-state index contributed by atoms with van der Waals surface area (Å²) in [4.78, 5) is 17.3. The van der Waals surface area contributed by atoms with Gasteiger partial charge in [0.2, 0.25) is 5.91 Å². The number of carbonyl (C=O) groups excluding carboxylic acids is 1. The van der Waals surface area contributed by atoms with Crippen LogP contribution in [0.2, 0.25) is 4.34 Å². The maximum Gasteiger partial charge on any atom is 0.226 e. The zero-order chi connectivity index (χ0) is 15.9. The first-order chi connectivity index (χ1) is 10.6.